The standard InChI is InChI=1S/C20H15FN2O2/c1-12-15-6-4-7-16(21)19(15)25-18(12)20(24)22-11-14-10-9-13-5-2-3-8-17(13)23-14/h2-10H,11H2,1H3,(H,22,24). The fourth-order valence-electron chi connectivity index (χ4n) is 2.88. The van der Waals surface area contributed by atoms with Gasteiger partial charge in [-0.25, -0.2) is 4.39 Å². The summed E-state index contributed by atoms with van der Waals surface area (Å²) in [6.45, 7) is 2.01. The van der Waals surface area contributed by atoms with Gasteiger partial charge in [0.2, 0.25) is 0 Å². The number of para-hydroxylation sites is 2. The number of benzene rings is 2. The van der Waals surface area contributed by atoms with Crippen LogP contribution in [0.3, 0.4) is 0 Å². The molecule has 0 aliphatic carbocycles. The minimum absolute atomic E-state index is 0.106. The van der Waals surface area contributed by atoms with E-state index in [-0.39, 0.29) is 23.8 Å². The number of carbonyl (C=O) groups is 1. The largest absolute Gasteiger partial charge is 0.448 e. The van der Waals surface area contributed by atoms with E-state index in [4.69, 9.17) is 4.42 Å². The van der Waals surface area contributed by atoms with E-state index in [1.807, 2.05) is 36.4 Å². The second-order valence-corrected chi connectivity index (χ2v) is 5.85. The number of nitrogens with zero attached hydrogens (tertiary/aromatic N) is 1. The molecule has 124 valence electrons. The first-order valence-corrected chi connectivity index (χ1v) is 7.94. The molecule has 25 heavy (non-hydrogen) atoms. The lowest BCUT2D eigenvalue weighted by atomic mass is 10.1. The molecule has 0 aliphatic rings. The second kappa shape index (κ2) is 6.02. The smallest absolute Gasteiger partial charge is 0.287 e. The van der Waals surface area contributed by atoms with Crippen LogP contribution in [0.5, 0.6) is 0 Å². The van der Waals surface area contributed by atoms with Crippen LogP contribution >= 0.6 is 0 Å². The molecule has 0 unspecified atom stereocenters. The molecule has 0 atom stereocenters. The van der Waals surface area contributed by atoms with Crippen LogP contribution in [0.4, 0.5) is 4.39 Å². The van der Waals surface area contributed by atoms with Gasteiger partial charge in [0.25, 0.3) is 5.91 Å². The third-order valence-electron chi connectivity index (χ3n) is 4.21. The topological polar surface area (TPSA) is 55.1 Å². The summed E-state index contributed by atoms with van der Waals surface area (Å²) < 4.78 is 19.2. The zero-order valence-electron chi connectivity index (χ0n) is 13.5. The molecule has 4 nitrogen and oxygen atoms in total. The van der Waals surface area contributed by atoms with E-state index >= 15 is 0 Å². The highest BCUT2D eigenvalue weighted by Gasteiger charge is 2.19. The van der Waals surface area contributed by atoms with Gasteiger partial charge in [0.1, 0.15) is 0 Å². The Bertz CT molecular complexity index is 1100. The molecular weight excluding hydrogens is 319 g/mol. The Labute approximate surface area is 143 Å². The molecule has 2 heterocycles. The highest BCUT2D eigenvalue weighted by molar-refractivity contribution is 5.99. The fraction of sp³-hybridized carbons (Fsp3) is 0.100. The summed E-state index contributed by atoms with van der Waals surface area (Å²) >= 11 is 0. The molecule has 0 fully saturated rings. The maximum absolute atomic E-state index is 13.8. The van der Waals surface area contributed by atoms with Crippen molar-refractivity contribution in [1.29, 1.82) is 0 Å². The summed E-state index contributed by atoms with van der Waals surface area (Å²) in [6.07, 6.45) is 0. The Hall–Kier alpha value is -3.21. The summed E-state index contributed by atoms with van der Waals surface area (Å²) in [5.74, 6) is -0.736. The Morgan fingerprint density at radius 2 is 1.96 bits per heavy atom. The van der Waals surface area contributed by atoms with Crippen molar-refractivity contribution in [3.8, 4) is 0 Å². The third kappa shape index (κ3) is 2.74. The van der Waals surface area contributed by atoms with E-state index in [9.17, 15) is 9.18 Å². The van der Waals surface area contributed by atoms with Crippen LogP contribution < -0.4 is 5.32 Å². The lowest BCUT2D eigenvalue weighted by Crippen LogP contribution is -2.23. The molecule has 1 N–H and O–H groups in total. The van der Waals surface area contributed by atoms with Crippen molar-refractivity contribution >= 4 is 27.8 Å². The number of fused-ring (bicyclic) bond motifs is 2. The molecule has 2 aromatic carbocycles. The maximum atomic E-state index is 13.8. The number of carbonyl (C=O) groups excluding carboxylic acids is 1. The van der Waals surface area contributed by atoms with Crippen LogP contribution in [-0.4, -0.2) is 10.9 Å². The number of hydrogen-bond acceptors (Lipinski definition) is 3. The number of furan rings is 1. The minimum atomic E-state index is -0.476. The predicted octanol–water partition coefficient (Wildman–Crippen LogP) is 4.36. The predicted molar refractivity (Wildman–Crippen MR) is 93.8 cm³/mol. The van der Waals surface area contributed by atoms with E-state index in [2.05, 4.69) is 10.3 Å². The third-order valence-corrected chi connectivity index (χ3v) is 4.21. The van der Waals surface area contributed by atoms with Crippen LogP contribution in [0.25, 0.3) is 21.9 Å². The molecule has 0 bridgehead atoms. The number of amides is 1. The molecule has 4 rings (SSSR count). The first-order chi connectivity index (χ1) is 12.1. The van der Waals surface area contributed by atoms with Gasteiger partial charge in [-0.1, -0.05) is 36.4 Å². The van der Waals surface area contributed by atoms with Crippen LogP contribution in [0.1, 0.15) is 21.8 Å². The van der Waals surface area contributed by atoms with E-state index in [1.54, 1.807) is 19.1 Å². The monoisotopic (exact) mass is 334 g/mol. The van der Waals surface area contributed by atoms with Crippen molar-refractivity contribution < 1.29 is 13.6 Å². The van der Waals surface area contributed by atoms with Crippen molar-refractivity contribution in [2.45, 2.75) is 13.5 Å². The van der Waals surface area contributed by atoms with Gasteiger partial charge in [-0.15, -0.1) is 0 Å². The zero-order valence-corrected chi connectivity index (χ0v) is 13.5. The molecule has 4 aromatic rings. The number of nitrogens with one attached hydrogen (secondary N) is 1. The van der Waals surface area contributed by atoms with Crippen molar-refractivity contribution in [3.05, 3.63) is 77.4 Å². The average molecular weight is 334 g/mol. The summed E-state index contributed by atoms with van der Waals surface area (Å²) in [7, 11) is 0. The number of hydrogen-bond donors (Lipinski definition) is 1. The lowest BCUT2D eigenvalue weighted by molar-refractivity contribution is 0.0924. The van der Waals surface area contributed by atoms with Gasteiger partial charge in [-0.2, -0.15) is 0 Å². The van der Waals surface area contributed by atoms with E-state index in [0.717, 1.165) is 16.6 Å². The number of pyridine rings is 1. The van der Waals surface area contributed by atoms with Crippen LogP contribution in [-0.2, 0) is 6.54 Å². The summed E-state index contributed by atoms with van der Waals surface area (Å²) in [4.78, 5) is 16.9. The van der Waals surface area contributed by atoms with Gasteiger partial charge in [0.05, 0.1) is 17.8 Å². The van der Waals surface area contributed by atoms with E-state index in [0.29, 0.717) is 10.9 Å². The van der Waals surface area contributed by atoms with Gasteiger partial charge >= 0.3 is 0 Å². The van der Waals surface area contributed by atoms with Crippen molar-refractivity contribution in [1.82, 2.24) is 10.3 Å². The molecule has 2 aromatic heterocycles. The van der Waals surface area contributed by atoms with Gasteiger partial charge in [0.15, 0.2) is 17.2 Å². The summed E-state index contributed by atoms with van der Waals surface area (Å²) in [5, 5.41) is 4.43. The molecule has 5 heteroatoms. The molecule has 0 aliphatic heterocycles. The van der Waals surface area contributed by atoms with Crippen LogP contribution in [0.2, 0.25) is 0 Å². The van der Waals surface area contributed by atoms with Crippen molar-refractivity contribution in [2.75, 3.05) is 0 Å². The second-order valence-electron chi connectivity index (χ2n) is 5.85. The molecular formula is C20H15FN2O2. The summed E-state index contributed by atoms with van der Waals surface area (Å²) in [6, 6.07) is 16.3. The molecule has 0 saturated heterocycles. The van der Waals surface area contributed by atoms with E-state index < -0.39 is 5.82 Å². The first-order valence-electron chi connectivity index (χ1n) is 7.94. The van der Waals surface area contributed by atoms with Gasteiger partial charge in [-0.3, -0.25) is 9.78 Å². The molecule has 1 amide bonds. The van der Waals surface area contributed by atoms with Gasteiger partial charge < -0.3 is 9.73 Å². The Morgan fingerprint density at radius 3 is 2.80 bits per heavy atom. The highest BCUT2D eigenvalue weighted by atomic mass is 19.1. The zero-order chi connectivity index (χ0) is 17.4. The Kier molecular flexibility index (Phi) is 3.69. The highest BCUT2D eigenvalue weighted by Crippen LogP contribution is 2.27. The lowest BCUT2D eigenvalue weighted by Gasteiger charge is -2.05. The first kappa shape index (κ1) is 15.3. The quantitative estimate of drug-likeness (QED) is 0.606. The number of aromatic nitrogens is 1. The Balaban J connectivity index is 1.57. The van der Waals surface area contributed by atoms with E-state index in [1.165, 1.54) is 6.07 Å². The number of rotatable bonds is 3. The molecule has 0 spiro atoms. The van der Waals surface area contributed by atoms with Crippen LogP contribution in [0.15, 0.2) is 59.0 Å². The molecule has 0 saturated carbocycles. The average Bonchev–Trinajstić information content (AvgIpc) is 2.98. The SMILES string of the molecule is Cc1c(C(=O)NCc2ccc3ccccc3n2)oc2c(F)cccc12. The number of aryl methyl sites for hydroxylation is 1. The van der Waals surface area contributed by atoms with Crippen LogP contribution in [0, 0.1) is 12.7 Å². The fourth-order valence-corrected chi connectivity index (χ4v) is 2.88. The van der Waals surface area contributed by atoms with Gasteiger partial charge in [-0.05, 0) is 25.1 Å². The summed E-state index contributed by atoms with van der Waals surface area (Å²) in [5.41, 5.74) is 2.34. The van der Waals surface area contributed by atoms with Crippen molar-refractivity contribution in [2.24, 2.45) is 0 Å². The molecule has 0 radical (unpaired) electrons. The van der Waals surface area contributed by atoms with Crippen molar-refractivity contribution in [3.63, 3.8) is 0 Å². The Morgan fingerprint density at radius 1 is 1.12 bits per heavy atom. The normalized spacial score (nSPS) is 11.1. The number of halogens is 1. The van der Waals surface area contributed by atoms with Gasteiger partial charge in [0, 0.05) is 16.3 Å². The maximum Gasteiger partial charge on any atom is 0.287 e. The minimum Gasteiger partial charge on any atom is -0.448 e.